The van der Waals surface area contributed by atoms with Crippen LogP contribution in [0.25, 0.3) is 0 Å². The molecule has 16 heavy (non-hydrogen) atoms. The van der Waals surface area contributed by atoms with Crippen LogP contribution in [-0.2, 0) is 11.3 Å². The fraction of sp³-hybridized carbons (Fsp3) is 0.545. The monoisotopic (exact) mass is 242 g/mol. The number of aliphatic hydroxyl groups is 1. The number of pyridine rings is 1. The molecule has 1 atom stereocenters. The number of morpholine rings is 1. The molecule has 1 saturated heterocycles. The van der Waals surface area contributed by atoms with Crippen molar-refractivity contribution in [3.8, 4) is 0 Å². The maximum atomic E-state index is 9.04. The van der Waals surface area contributed by atoms with Gasteiger partial charge in [0.15, 0.2) is 0 Å². The second-order valence-corrected chi connectivity index (χ2v) is 4.28. The highest BCUT2D eigenvalue weighted by atomic mass is 35.5. The molecule has 0 spiro atoms. The molecule has 0 amide bonds. The quantitative estimate of drug-likeness (QED) is 0.801. The van der Waals surface area contributed by atoms with E-state index in [1.165, 1.54) is 0 Å². The van der Waals surface area contributed by atoms with E-state index >= 15 is 0 Å². The highest BCUT2D eigenvalue weighted by Crippen LogP contribution is 2.12. The van der Waals surface area contributed by atoms with Crippen molar-refractivity contribution in [1.29, 1.82) is 0 Å². The molecule has 0 bridgehead atoms. The van der Waals surface area contributed by atoms with Crippen molar-refractivity contribution in [2.75, 3.05) is 26.3 Å². The Morgan fingerprint density at radius 1 is 1.62 bits per heavy atom. The van der Waals surface area contributed by atoms with E-state index in [0.29, 0.717) is 11.8 Å². The first-order chi connectivity index (χ1) is 7.78. The summed E-state index contributed by atoms with van der Waals surface area (Å²) in [5, 5.41) is 9.55. The Labute approximate surface area is 99.8 Å². The van der Waals surface area contributed by atoms with Gasteiger partial charge in [0.1, 0.15) is 5.15 Å². The van der Waals surface area contributed by atoms with Crippen molar-refractivity contribution >= 4 is 11.6 Å². The lowest BCUT2D eigenvalue weighted by Gasteiger charge is -2.31. The van der Waals surface area contributed by atoms with Crippen molar-refractivity contribution in [3.63, 3.8) is 0 Å². The predicted molar refractivity (Wildman–Crippen MR) is 61.3 cm³/mol. The molecule has 2 rings (SSSR count). The van der Waals surface area contributed by atoms with Gasteiger partial charge in [0.2, 0.25) is 0 Å². The van der Waals surface area contributed by atoms with Gasteiger partial charge in [0.05, 0.1) is 19.3 Å². The van der Waals surface area contributed by atoms with Crippen molar-refractivity contribution in [2.45, 2.75) is 12.6 Å². The summed E-state index contributed by atoms with van der Waals surface area (Å²) in [5.74, 6) is 0. The lowest BCUT2D eigenvalue weighted by atomic mass is 10.2. The molecule has 0 aliphatic carbocycles. The third kappa shape index (κ3) is 3.15. The van der Waals surface area contributed by atoms with Crippen LogP contribution in [0.1, 0.15) is 5.56 Å². The van der Waals surface area contributed by atoms with Crippen LogP contribution in [0.2, 0.25) is 5.15 Å². The maximum absolute atomic E-state index is 9.04. The highest BCUT2D eigenvalue weighted by Gasteiger charge is 2.19. The standard InChI is InChI=1S/C11H15ClN2O2/c12-11-5-9(1-2-13-11)6-14-3-4-16-10(7-14)8-15/h1-2,5,10,15H,3-4,6-8H2. The molecule has 1 fully saturated rings. The Morgan fingerprint density at radius 3 is 3.25 bits per heavy atom. The number of ether oxygens (including phenoxy) is 1. The molecule has 1 unspecified atom stereocenters. The predicted octanol–water partition coefficient (Wildman–Crippen LogP) is 0.928. The zero-order chi connectivity index (χ0) is 11.4. The molecule has 1 aromatic heterocycles. The Balaban J connectivity index is 1.94. The Morgan fingerprint density at radius 2 is 2.50 bits per heavy atom. The van der Waals surface area contributed by atoms with E-state index in [2.05, 4.69) is 9.88 Å². The Hall–Kier alpha value is -0.680. The number of aliphatic hydroxyl groups excluding tert-OH is 1. The average molecular weight is 243 g/mol. The minimum absolute atomic E-state index is 0.0638. The fourth-order valence-electron chi connectivity index (χ4n) is 1.83. The van der Waals surface area contributed by atoms with Gasteiger partial charge < -0.3 is 9.84 Å². The van der Waals surface area contributed by atoms with E-state index in [1.54, 1.807) is 6.20 Å². The SMILES string of the molecule is OCC1CN(Cc2ccnc(Cl)c2)CCO1. The van der Waals surface area contributed by atoms with Gasteiger partial charge in [-0.05, 0) is 17.7 Å². The molecule has 2 heterocycles. The van der Waals surface area contributed by atoms with Crippen molar-refractivity contribution in [1.82, 2.24) is 9.88 Å². The number of nitrogens with zero attached hydrogens (tertiary/aromatic N) is 2. The van der Waals surface area contributed by atoms with Gasteiger partial charge in [-0.25, -0.2) is 4.98 Å². The van der Waals surface area contributed by atoms with Crippen molar-refractivity contribution in [3.05, 3.63) is 29.0 Å². The minimum Gasteiger partial charge on any atom is -0.394 e. The first-order valence-corrected chi connectivity index (χ1v) is 5.71. The summed E-state index contributed by atoms with van der Waals surface area (Å²) in [7, 11) is 0. The first kappa shape index (κ1) is 11.8. The zero-order valence-electron chi connectivity index (χ0n) is 8.97. The van der Waals surface area contributed by atoms with Crippen LogP contribution in [0, 0.1) is 0 Å². The zero-order valence-corrected chi connectivity index (χ0v) is 9.73. The van der Waals surface area contributed by atoms with Crippen LogP contribution in [0.5, 0.6) is 0 Å². The van der Waals surface area contributed by atoms with Crippen LogP contribution in [0.15, 0.2) is 18.3 Å². The van der Waals surface area contributed by atoms with E-state index in [4.69, 9.17) is 21.4 Å². The third-order valence-corrected chi connectivity index (χ3v) is 2.83. The lowest BCUT2D eigenvalue weighted by molar-refractivity contribution is -0.0551. The highest BCUT2D eigenvalue weighted by molar-refractivity contribution is 6.29. The molecular formula is C11H15ClN2O2. The molecule has 88 valence electrons. The van der Waals surface area contributed by atoms with Crippen molar-refractivity contribution < 1.29 is 9.84 Å². The topological polar surface area (TPSA) is 45.6 Å². The largest absolute Gasteiger partial charge is 0.394 e. The summed E-state index contributed by atoms with van der Waals surface area (Å²) in [5.41, 5.74) is 1.14. The van der Waals surface area contributed by atoms with Crippen LogP contribution in [0.3, 0.4) is 0 Å². The first-order valence-electron chi connectivity index (χ1n) is 5.33. The summed E-state index contributed by atoms with van der Waals surface area (Å²) >= 11 is 5.82. The van der Waals surface area contributed by atoms with Gasteiger partial charge in [-0.15, -0.1) is 0 Å². The van der Waals surface area contributed by atoms with E-state index in [-0.39, 0.29) is 12.7 Å². The van der Waals surface area contributed by atoms with Crippen LogP contribution < -0.4 is 0 Å². The summed E-state index contributed by atoms with van der Waals surface area (Å²) in [4.78, 5) is 6.19. The number of aromatic nitrogens is 1. The van der Waals surface area contributed by atoms with Gasteiger partial charge >= 0.3 is 0 Å². The van der Waals surface area contributed by atoms with Gasteiger partial charge in [-0.1, -0.05) is 11.6 Å². The molecule has 0 radical (unpaired) electrons. The molecule has 1 aromatic rings. The number of rotatable bonds is 3. The third-order valence-electron chi connectivity index (χ3n) is 2.62. The summed E-state index contributed by atoms with van der Waals surface area (Å²) < 4.78 is 5.39. The molecule has 1 aliphatic rings. The Kier molecular flexibility index (Phi) is 4.12. The second-order valence-electron chi connectivity index (χ2n) is 3.90. The van der Waals surface area contributed by atoms with E-state index in [1.807, 2.05) is 12.1 Å². The number of halogens is 1. The summed E-state index contributed by atoms with van der Waals surface area (Å²) in [6.07, 6.45) is 1.65. The second kappa shape index (κ2) is 5.59. The van der Waals surface area contributed by atoms with Crippen molar-refractivity contribution in [2.24, 2.45) is 0 Å². The van der Waals surface area contributed by atoms with Gasteiger partial charge in [0, 0.05) is 25.8 Å². The average Bonchev–Trinajstić information content (AvgIpc) is 2.29. The molecule has 1 N–H and O–H groups in total. The van der Waals surface area contributed by atoms with E-state index in [0.717, 1.165) is 25.2 Å². The number of hydrogen-bond donors (Lipinski definition) is 1. The Bertz CT molecular complexity index is 349. The van der Waals surface area contributed by atoms with Crippen LogP contribution in [0.4, 0.5) is 0 Å². The van der Waals surface area contributed by atoms with E-state index < -0.39 is 0 Å². The molecule has 0 aromatic carbocycles. The van der Waals surface area contributed by atoms with Gasteiger partial charge in [0.25, 0.3) is 0 Å². The van der Waals surface area contributed by atoms with Crippen LogP contribution >= 0.6 is 11.6 Å². The molecule has 0 saturated carbocycles. The lowest BCUT2D eigenvalue weighted by Crippen LogP contribution is -2.43. The normalized spacial score (nSPS) is 22.2. The maximum Gasteiger partial charge on any atom is 0.129 e. The van der Waals surface area contributed by atoms with E-state index in [9.17, 15) is 0 Å². The molecular weight excluding hydrogens is 228 g/mol. The minimum atomic E-state index is -0.0638. The fourth-order valence-corrected chi connectivity index (χ4v) is 2.03. The smallest absolute Gasteiger partial charge is 0.129 e. The summed E-state index contributed by atoms with van der Waals surface area (Å²) in [6.45, 7) is 3.21. The number of hydrogen-bond acceptors (Lipinski definition) is 4. The molecule has 1 aliphatic heterocycles. The summed E-state index contributed by atoms with van der Waals surface area (Å²) in [6, 6.07) is 3.82. The van der Waals surface area contributed by atoms with Gasteiger partial charge in [-0.3, -0.25) is 4.90 Å². The van der Waals surface area contributed by atoms with Gasteiger partial charge in [-0.2, -0.15) is 0 Å². The van der Waals surface area contributed by atoms with Crippen LogP contribution in [-0.4, -0.2) is 47.4 Å². The molecule has 4 nitrogen and oxygen atoms in total. The molecule has 5 heteroatoms.